The molecule has 0 aliphatic rings. The first-order valence-electron chi connectivity index (χ1n) is 5.83. The van der Waals surface area contributed by atoms with Gasteiger partial charge in [0, 0.05) is 0 Å². The fourth-order valence-electron chi connectivity index (χ4n) is 1.14. The highest BCUT2D eigenvalue weighted by atomic mass is 16.5. The van der Waals surface area contributed by atoms with E-state index in [2.05, 4.69) is 10.2 Å². The van der Waals surface area contributed by atoms with Gasteiger partial charge in [-0.3, -0.25) is 4.79 Å². The van der Waals surface area contributed by atoms with Crippen LogP contribution < -0.4 is 5.32 Å². The van der Waals surface area contributed by atoms with Gasteiger partial charge in [0.1, 0.15) is 6.61 Å². The Morgan fingerprint density at radius 1 is 1.38 bits per heavy atom. The molecule has 0 saturated heterocycles. The molecule has 0 aliphatic heterocycles. The first-order chi connectivity index (χ1) is 7.66. The lowest BCUT2D eigenvalue weighted by Crippen LogP contribution is -2.27. The normalized spacial score (nSPS) is 11.2. The van der Waals surface area contributed by atoms with Crippen molar-refractivity contribution in [2.75, 3.05) is 40.3 Å². The highest BCUT2D eigenvalue weighted by Crippen LogP contribution is 1.84. The summed E-state index contributed by atoms with van der Waals surface area (Å²) in [4.78, 5) is 13.3. The molecule has 0 bridgehead atoms. The van der Waals surface area contributed by atoms with E-state index in [4.69, 9.17) is 4.74 Å². The summed E-state index contributed by atoms with van der Waals surface area (Å²) in [6, 6.07) is 0. The van der Waals surface area contributed by atoms with Gasteiger partial charge in [-0.1, -0.05) is 19.1 Å². The van der Waals surface area contributed by atoms with Crippen molar-refractivity contribution in [2.24, 2.45) is 0 Å². The Labute approximate surface area is 98.6 Å². The van der Waals surface area contributed by atoms with Gasteiger partial charge < -0.3 is 15.0 Å². The van der Waals surface area contributed by atoms with E-state index in [9.17, 15) is 4.79 Å². The Morgan fingerprint density at radius 2 is 2.12 bits per heavy atom. The van der Waals surface area contributed by atoms with E-state index in [1.807, 2.05) is 33.2 Å². The van der Waals surface area contributed by atoms with Gasteiger partial charge in [0.25, 0.3) is 0 Å². The average molecular weight is 228 g/mol. The van der Waals surface area contributed by atoms with Crippen molar-refractivity contribution in [3.63, 3.8) is 0 Å². The number of ether oxygens (including phenoxy) is 1. The Bertz CT molecular complexity index is 203. The monoisotopic (exact) mass is 228 g/mol. The van der Waals surface area contributed by atoms with Crippen LogP contribution >= 0.6 is 0 Å². The lowest BCUT2D eigenvalue weighted by molar-refractivity contribution is -0.141. The van der Waals surface area contributed by atoms with E-state index in [0.717, 1.165) is 25.9 Å². The van der Waals surface area contributed by atoms with E-state index in [0.29, 0.717) is 13.2 Å². The molecule has 0 aliphatic carbocycles. The number of rotatable bonds is 9. The van der Waals surface area contributed by atoms with Crippen LogP contribution in [0.1, 0.15) is 19.8 Å². The highest BCUT2D eigenvalue weighted by Gasteiger charge is 1.99. The molecular formula is C12H24N2O2. The van der Waals surface area contributed by atoms with Crippen LogP contribution in [-0.2, 0) is 9.53 Å². The number of allylic oxidation sites excluding steroid dienone is 1. The lowest BCUT2D eigenvalue weighted by atomic mass is 10.4. The van der Waals surface area contributed by atoms with Crippen LogP contribution in [0.25, 0.3) is 0 Å². The second-order valence-electron chi connectivity index (χ2n) is 3.90. The second kappa shape index (κ2) is 10.6. The zero-order chi connectivity index (χ0) is 12.2. The Kier molecular flexibility index (Phi) is 10.1. The minimum atomic E-state index is -0.189. The van der Waals surface area contributed by atoms with Crippen molar-refractivity contribution in [3.05, 3.63) is 12.2 Å². The number of carbonyl (C=O) groups excluding carboxylic acids is 1. The molecule has 0 unspecified atom stereocenters. The molecule has 94 valence electrons. The largest absolute Gasteiger partial charge is 0.461 e. The molecule has 0 aromatic carbocycles. The molecule has 0 radical (unpaired) electrons. The van der Waals surface area contributed by atoms with Crippen LogP contribution in [0.3, 0.4) is 0 Å². The number of hydrogen-bond acceptors (Lipinski definition) is 4. The molecule has 0 fully saturated rings. The zero-order valence-electron chi connectivity index (χ0n) is 10.7. The number of nitrogens with one attached hydrogen (secondary N) is 1. The Morgan fingerprint density at radius 3 is 2.75 bits per heavy atom. The summed E-state index contributed by atoms with van der Waals surface area (Å²) in [6.07, 6.45) is 5.86. The van der Waals surface area contributed by atoms with E-state index in [1.165, 1.54) is 0 Å². The molecule has 0 amide bonds. The summed E-state index contributed by atoms with van der Waals surface area (Å²) in [6.45, 7) is 4.60. The van der Waals surface area contributed by atoms with Crippen LogP contribution in [0.5, 0.6) is 0 Å². The lowest BCUT2D eigenvalue weighted by Gasteiger charge is -2.09. The zero-order valence-corrected chi connectivity index (χ0v) is 10.7. The van der Waals surface area contributed by atoms with E-state index < -0.39 is 0 Å². The number of nitrogens with zero attached hydrogens (tertiary/aromatic N) is 1. The highest BCUT2D eigenvalue weighted by molar-refractivity contribution is 5.71. The summed E-state index contributed by atoms with van der Waals surface area (Å²) < 4.78 is 4.97. The molecule has 0 aromatic heterocycles. The SMILES string of the molecule is CC/C=C\COC(=O)CNCCCN(C)C. The van der Waals surface area contributed by atoms with Gasteiger partial charge in [0.2, 0.25) is 0 Å². The molecular weight excluding hydrogens is 204 g/mol. The molecule has 0 rings (SSSR count). The molecule has 0 saturated carbocycles. The second-order valence-corrected chi connectivity index (χ2v) is 3.90. The van der Waals surface area contributed by atoms with Crippen LogP contribution in [0.4, 0.5) is 0 Å². The fraction of sp³-hybridized carbons (Fsp3) is 0.750. The van der Waals surface area contributed by atoms with Gasteiger partial charge in [-0.2, -0.15) is 0 Å². The third-order valence-electron chi connectivity index (χ3n) is 1.97. The molecule has 1 N–H and O–H groups in total. The molecule has 0 aromatic rings. The minimum absolute atomic E-state index is 0.189. The van der Waals surface area contributed by atoms with Crippen molar-refractivity contribution in [1.29, 1.82) is 0 Å². The smallest absolute Gasteiger partial charge is 0.320 e. The fourth-order valence-corrected chi connectivity index (χ4v) is 1.14. The summed E-state index contributed by atoms with van der Waals surface area (Å²) in [5, 5.41) is 3.06. The predicted octanol–water partition coefficient (Wildman–Crippen LogP) is 1.04. The number of hydrogen-bond donors (Lipinski definition) is 1. The molecule has 4 heteroatoms. The van der Waals surface area contributed by atoms with Gasteiger partial charge in [-0.15, -0.1) is 0 Å². The molecule has 16 heavy (non-hydrogen) atoms. The maximum Gasteiger partial charge on any atom is 0.320 e. The first kappa shape index (κ1) is 15.1. The maximum absolute atomic E-state index is 11.2. The quantitative estimate of drug-likeness (QED) is 0.364. The summed E-state index contributed by atoms with van der Waals surface area (Å²) in [7, 11) is 4.07. The molecule has 0 spiro atoms. The topological polar surface area (TPSA) is 41.6 Å². The molecule has 4 nitrogen and oxygen atoms in total. The third-order valence-corrected chi connectivity index (χ3v) is 1.97. The van der Waals surface area contributed by atoms with E-state index >= 15 is 0 Å². The van der Waals surface area contributed by atoms with Crippen molar-refractivity contribution in [2.45, 2.75) is 19.8 Å². The average Bonchev–Trinajstić information content (AvgIpc) is 2.23. The van der Waals surface area contributed by atoms with Crippen LogP contribution in [0, 0.1) is 0 Å². The standard InChI is InChI=1S/C12H24N2O2/c1-4-5-6-10-16-12(15)11-13-8-7-9-14(2)3/h5-6,13H,4,7-11H2,1-3H3/b6-5-. The molecule has 0 heterocycles. The minimum Gasteiger partial charge on any atom is -0.461 e. The third kappa shape index (κ3) is 11.2. The van der Waals surface area contributed by atoms with Crippen molar-refractivity contribution >= 4 is 5.97 Å². The van der Waals surface area contributed by atoms with Gasteiger partial charge >= 0.3 is 5.97 Å². The maximum atomic E-state index is 11.2. The predicted molar refractivity (Wildman–Crippen MR) is 66.4 cm³/mol. The van der Waals surface area contributed by atoms with Gasteiger partial charge in [-0.25, -0.2) is 0 Å². The van der Waals surface area contributed by atoms with E-state index in [1.54, 1.807) is 0 Å². The molecule has 0 atom stereocenters. The first-order valence-corrected chi connectivity index (χ1v) is 5.83. The van der Waals surface area contributed by atoms with Crippen molar-refractivity contribution in [3.8, 4) is 0 Å². The van der Waals surface area contributed by atoms with Gasteiger partial charge in [0.05, 0.1) is 6.54 Å². The van der Waals surface area contributed by atoms with E-state index in [-0.39, 0.29) is 5.97 Å². The summed E-state index contributed by atoms with van der Waals surface area (Å²) in [5.74, 6) is -0.189. The van der Waals surface area contributed by atoms with Crippen molar-refractivity contribution < 1.29 is 9.53 Å². The summed E-state index contributed by atoms with van der Waals surface area (Å²) in [5.41, 5.74) is 0. The van der Waals surface area contributed by atoms with Crippen LogP contribution in [0.2, 0.25) is 0 Å². The summed E-state index contributed by atoms with van der Waals surface area (Å²) >= 11 is 0. The number of esters is 1. The van der Waals surface area contributed by atoms with Crippen LogP contribution in [0.15, 0.2) is 12.2 Å². The van der Waals surface area contributed by atoms with Crippen LogP contribution in [-0.4, -0.2) is 51.2 Å². The van der Waals surface area contributed by atoms with Gasteiger partial charge in [0.15, 0.2) is 0 Å². The Balaban J connectivity index is 3.27. The Hall–Kier alpha value is -0.870. The van der Waals surface area contributed by atoms with Crippen molar-refractivity contribution in [1.82, 2.24) is 10.2 Å². The number of carbonyl (C=O) groups is 1. The van der Waals surface area contributed by atoms with Gasteiger partial charge in [-0.05, 0) is 40.0 Å².